The van der Waals surface area contributed by atoms with Crippen molar-refractivity contribution in [1.29, 1.82) is 5.26 Å². The van der Waals surface area contributed by atoms with Gasteiger partial charge in [-0.25, -0.2) is 4.98 Å². The maximum Gasteiger partial charge on any atom is 0.252 e. The van der Waals surface area contributed by atoms with Gasteiger partial charge in [-0.05, 0) is 18.2 Å². The number of benzene rings is 1. The molecule has 0 fully saturated rings. The summed E-state index contributed by atoms with van der Waals surface area (Å²) in [5, 5.41) is 13.4. The molecule has 5 nitrogen and oxygen atoms in total. The molecule has 0 aliphatic rings. The van der Waals surface area contributed by atoms with Gasteiger partial charge in [-0.15, -0.1) is 5.10 Å². The van der Waals surface area contributed by atoms with Gasteiger partial charge in [0.15, 0.2) is 0 Å². The Morgan fingerprint density at radius 1 is 1.42 bits per heavy atom. The van der Waals surface area contributed by atoms with E-state index in [0.29, 0.717) is 27.2 Å². The van der Waals surface area contributed by atoms with Crippen LogP contribution in [0, 0.1) is 11.3 Å². The first-order chi connectivity index (χ1) is 9.10. The first kappa shape index (κ1) is 14.0. The summed E-state index contributed by atoms with van der Waals surface area (Å²) in [5.74, 6) is 0.403. The van der Waals surface area contributed by atoms with Gasteiger partial charge in [-0.2, -0.15) is 5.26 Å². The normalized spacial score (nSPS) is 12.1. The number of nitrogens with zero attached hydrogens (tertiary/aromatic N) is 4. The summed E-state index contributed by atoms with van der Waals surface area (Å²) in [5.41, 5.74) is 0. The minimum Gasteiger partial charge on any atom is -0.254 e. The molecule has 8 heteroatoms. The third kappa shape index (κ3) is 3.53. The Morgan fingerprint density at radius 2 is 2.21 bits per heavy atom. The van der Waals surface area contributed by atoms with Gasteiger partial charge in [0, 0.05) is 10.8 Å². The molecule has 0 N–H and O–H groups in total. The number of hydrogen-bond acceptors (Lipinski definition) is 4. The zero-order valence-electron chi connectivity index (χ0n) is 9.58. The summed E-state index contributed by atoms with van der Waals surface area (Å²) in [6.45, 7) is 0.379. The molecule has 0 aliphatic heterocycles. The van der Waals surface area contributed by atoms with Crippen molar-refractivity contribution in [3.8, 4) is 6.07 Å². The van der Waals surface area contributed by atoms with Gasteiger partial charge in [0.25, 0.3) is 5.82 Å². The van der Waals surface area contributed by atoms with Gasteiger partial charge in [0.1, 0.15) is 12.4 Å². The largest absolute Gasteiger partial charge is 0.254 e. The summed E-state index contributed by atoms with van der Waals surface area (Å²) < 4.78 is 13.6. The Bertz CT molecular complexity index is 665. The zero-order valence-corrected chi connectivity index (χ0v) is 11.9. The van der Waals surface area contributed by atoms with Crippen LogP contribution in [0.15, 0.2) is 29.4 Å². The quantitative estimate of drug-likeness (QED) is 0.867. The molecule has 0 amide bonds. The lowest BCUT2D eigenvalue weighted by Crippen LogP contribution is -2.09. The SMILES string of the molecule is N#Cc1ncn(CC[S@](=O)c2cc(Cl)ccc2Cl)n1. The van der Waals surface area contributed by atoms with Crippen molar-refractivity contribution in [1.82, 2.24) is 14.8 Å². The number of aromatic nitrogens is 3. The average molecular weight is 315 g/mol. The molecule has 2 rings (SSSR count). The molecule has 19 heavy (non-hydrogen) atoms. The highest BCUT2D eigenvalue weighted by Crippen LogP contribution is 2.23. The van der Waals surface area contributed by atoms with Crippen LogP contribution in [-0.4, -0.2) is 24.7 Å². The molecular formula is C11H8Cl2N4OS. The van der Waals surface area contributed by atoms with Gasteiger partial charge in [0.2, 0.25) is 0 Å². The highest BCUT2D eigenvalue weighted by Gasteiger charge is 2.10. The lowest BCUT2D eigenvalue weighted by Gasteiger charge is -2.05. The minimum atomic E-state index is -1.29. The molecule has 0 radical (unpaired) electrons. The average Bonchev–Trinajstić information content (AvgIpc) is 2.87. The van der Waals surface area contributed by atoms with E-state index >= 15 is 0 Å². The standard InChI is InChI=1S/C11H8Cl2N4OS/c12-8-1-2-9(13)10(5-8)19(18)4-3-17-7-15-11(6-14)16-17/h1-2,5,7H,3-4H2/t19-/m0/s1. The van der Waals surface area contributed by atoms with Crippen LogP contribution in [0.1, 0.15) is 5.82 Å². The Morgan fingerprint density at radius 3 is 2.89 bits per heavy atom. The zero-order chi connectivity index (χ0) is 13.8. The van der Waals surface area contributed by atoms with Crippen LogP contribution in [-0.2, 0) is 17.3 Å². The van der Waals surface area contributed by atoms with E-state index in [2.05, 4.69) is 10.1 Å². The van der Waals surface area contributed by atoms with Gasteiger partial charge in [-0.1, -0.05) is 23.2 Å². The van der Waals surface area contributed by atoms with Crippen LogP contribution >= 0.6 is 23.2 Å². The Labute approximate surface area is 122 Å². The maximum absolute atomic E-state index is 12.1. The third-order valence-corrected chi connectivity index (χ3v) is 4.34. The van der Waals surface area contributed by atoms with E-state index in [0.717, 1.165) is 0 Å². The molecule has 1 aromatic carbocycles. The van der Waals surface area contributed by atoms with Crippen LogP contribution in [0.5, 0.6) is 0 Å². The maximum atomic E-state index is 12.1. The Hall–Kier alpha value is -1.42. The molecule has 1 heterocycles. The Kier molecular flexibility index (Phi) is 4.53. The van der Waals surface area contributed by atoms with Crippen molar-refractivity contribution in [2.24, 2.45) is 0 Å². The van der Waals surface area contributed by atoms with Crippen LogP contribution in [0.4, 0.5) is 0 Å². The summed E-state index contributed by atoms with van der Waals surface area (Å²) in [6, 6.07) is 6.66. The molecular weight excluding hydrogens is 307 g/mol. The van der Waals surface area contributed by atoms with Gasteiger partial charge in [0.05, 0.1) is 27.3 Å². The van der Waals surface area contributed by atoms with Crippen LogP contribution < -0.4 is 0 Å². The summed E-state index contributed by atoms with van der Waals surface area (Å²) in [4.78, 5) is 4.26. The fraction of sp³-hybridized carbons (Fsp3) is 0.182. The molecule has 0 saturated carbocycles. The predicted molar refractivity (Wildman–Crippen MR) is 72.5 cm³/mol. The molecule has 0 saturated heterocycles. The summed E-state index contributed by atoms with van der Waals surface area (Å²) >= 11 is 11.8. The first-order valence-corrected chi connectivity index (χ1v) is 7.30. The number of aryl methyl sites for hydroxylation is 1. The van der Waals surface area contributed by atoms with Gasteiger partial charge >= 0.3 is 0 Å². The van der Waals surface area contributed by atoms with E-state index < -0.39 is 10.8 Å². The second-order valence-electron chi connectivity index (χ2n) is 3.57. The van der Waals surface area contributed by atoms with Gasteiger partial charge in [-0.3, -0.25) is 8.89 Å². The van der Waals surface area contributed by atoms with Crippen molar-refractivity contribution >= 4 is 34.0 Å². The minimum absolute atomic E-state index is 0.0894. The monoisotopic (exact) mass is 314 g/mol. The summed E-state index contributed by atoms with van der Waals surface area (Å²) in [6.07, 6.45) is 1.43. The molecule has 0 aliphatic carbocycles. The predicted octanol–water partition coefficient (Wildman–Crippen LogP) is 2.26. The van der Waals surface area contributed by atoms with E-state index in [1.54, 1.807) is 18.2 Å². The third-order valence-electron chi connectivity index (χ3n) is 2.28. The molecule has 0 bridgehead atoms. The van der Waals surface area contributed by atoms with E-state index in [1.165, 1.54) is 11.0 Å². The Balaban J connectivity index is 2.05. The fourth-order valence-corrected chi connectivity index (χ4v) is 3.12. The van der Waals surface area contributed by atoms with Crippen molar-refractivity contribution < 1.29 is 4.21 Å². The second-order valence-corrected chi connectivity index (χ2v) is 5.95. The summed E-state index contributed by atoms with van der Waals surface area (Å²) in [7, 11) is -1.29. The molecule has 2 aromatic rings. The fourth-order valence-electron chi connectivity index (χ4n) is 1.39. The molecule has 98 valence electrons. The van der Waals surface area contributed by atoms with Crippen molar-refractivity contribution in [3.05, 3.63) is 40.4 Å². The molecule has 0 unspecified atom stereocenters. The van der Waals surface area contributed by atoms with Crippen LogP contribution in [0.2, 0.25) is 10.0 Å². The van der Waals surface area contributed by atoms with E-state index in [1.807, 2.05) is 6.07 Å². The molecule has 1 atom stereocenters. The molecule has 0 spiro atoms. The van der Waals surface area contributed by atoms with Crippen LogP contribution in [0.3, 0.4) is 0 Å². The van der Waals surface area contributed by atoms with Crippen molar-refractivity contribution in [3.63, 3.8) is 0 Å². The number of halogens is 2. The number of hydrogen-bond donors (Lipinski definition) is 0. The first-order valence-electron chi connectivity index (χ1n) is 5.23. The highest BCUT2D eigenvalue weighted by atomic mass is 35.5. The van der Waals surface area contributed by atoms with E-state index in [-0.39, 0.29) is 5.82 Å². The highest BCUT2D eigenvalue weighted by molar-refractivity contribution is 7.85. The number of rotatable bonds is 4. The second kappa shape index (κ2) is 6.15. The topological polar surface area (TPSA) is 71.6 Å². The molecule has 1 aromatic heterocycles. The van der Waals surface area contributed by atoms with Crippen molar-refractivity contribution in [2.75, 3.05) is 5.75 Å². The van der Waals surface area contributed by atoms with E-state index in [9.17, 15) is 4.21 Å². The van der Waals surface area contributed by atoms with Gasteiger partial charge < -0.3 is 0 Å². The lowest BCUT2D eigenvalue weighted by atomic mass is 10.4. The lowest BCUT2D eigenvalue weighted by molar-refractivity contribution is 0.641. The van der Waals surface area contributed by atoms with Crippen LogP contribution in [0.25, 0.3) is 0 Å². The van der Waals surface area contributed by atoms with E-state index in [4.69, 9.17) is 28.5 Å². The smallest absolute Gasteiger partial charge is 0.252 e. The number of nitriles is 1. The van der Waals surface area contributed by atoms with Crippen molar-refractivity contribution in [2.45, 2.75) is 11.4 Å².